The summed E-state index contributed by atoms with van der Waals surface area (Å²) in [5.41, 5.74) is 2.54. The summed E-state index contributed by atoms with van der Waals surface area (Å²) in [5, 5.41) is 15.4. The van der Waals surface area contributed by atoms with Crippen LogP contribution in [-0.2, 0) is 0 Å². The van der Waals surface area contributed by atoms with Crippen molar-refractivity contribution in [2.75, 3.05) is 27.4 Å². The first-order chi connectivity index (χ1) is 15.4. The molecule has 0 saturated heterocycles. The van der Waals surface area contributed by atoms with Gasteiger partial charge in [0.15, 0.2) is 11.5 Å². The average Bonchev–Trinajstić information content (AvgIpc) is 3.31. The van der Waals surface area contributed by atoms with Gasteiger partial charge in [0.25, 0.3) is 5.91 Å². The molecule has 0 bridgehead atoms. The van der Waals surface area contributed by atoms with Gasteiger partial charge in [0.2, 0.25) is 5.75 Å². The maximum Gasteiger partial charge on any atom is 0.270 e. The van der Waals surface area contributed by atoms with E-state index >= 15 is 0 Å². The zero-order valence-electron chi connectivity index (χ0n) is 18.6. The quantitative estimate of drug-likeness (QED) is 0.477. The van der Waals surface area contributed by atoms with Gasteiger partial charge in [-0.15, -0.1) is 11.3 Å². The minimum Gasteiger partial charge on any atom is -0.493 e. The summed E-state index contributed by atoms with van der Waals surface area (Å²) in [6, 6.07) is 13.4. The number of rotatable bonds is 10. The predicted octanol–water partition coefficient (Wildman–Crippen LogP) is 4.12. The zero-order valence-corrected chi connectivity index (χ0v) is 19.4. The van der Waals surface area contributed by atoms with E-state index in [0.717, 1.165) is 10.6 Å². The molecule has 0 aliphatic rings. The Labute approximate surface area is 192 Å². The number of amides is 1. The van der Waals surface area contributed by atoms with Crippen LogP contribution in [0.15, 0.2) is 47.8 Å². The van der Waals surface area contributed by atoms with Gasteiger partial charge in [-0.2, -0.15) is 0 Å². The topological polar surface area (TPSA) is 89.9 Å². The first-order valence-corrected chi connectivity index (χ1v) is 11.2. The Hall–Kier alpha value is -3.10. The molecule has 0 spiro atoms. The molecule has 1 atom stereocenters. The lowest BCUT2D eigenvalue weighted by Gasteiger charge is -2.16. The number of aromatic nitrogens is 1. The third-order valence-electron chi connectivity index (χ3n) is 4.86. The lowest BCUT2D eigenvalue weighted by molar-refractivity contribution is 0.0830. The summed E-state index contributed by atoms with van der Waals surface area (Å²) >= 11 is 1.41. The molecule has 3 rings (SSSR count). The predicted molar refractivity (Wildman–Crippen MR) is 125 cm³/mol. The minimum absolute atomic E-state index is 0.0201. The Morgan fingerprint density at radius 1 is 1.09 bits per heavy atom. The van der Waals surface area contributed by atoms with E-state index in [2.05, 4.69) is 36.3 Å². The fraction of sp³-hybridized carbons (Fsp3) is 0.333. The number of nitrogens with zero attached hydrogens (tertiary/aromatic N) is 1. The van der Waals surface area contributed by atoms with Crippen molar-refractivity contribution in [1.82, 2.24) is 10.3 Å². The van der Waals surface area contributed by atoms with Crippen LogP contribution in [0.2, 0.25) is 0 Å². The van der Waals surface area contributed by atoms with E-state index in [4.69, 9.17) is 14.2 Å². The maximum absolute atomic E-state index is 12.5. The highest BCUT2D eigenvalue weighted by Crippen LogP contribution is 2.36. The molecule has 0 radical (unpaired) electrons. The van der Waals surface area contributed by atoms with Crippen LogP contribution >= 0.6 is 11.3 Å². The summed E-state index contributed by atoms with van der Waals surface area (Å²) in [6.45, 7) is 4.27. The number of hydrogen-bond donors (Lipinski definition) is 2. The monoisotopic (exact) mass is 456 g/mol. The van der Waals surface area contributed by atoms with Crippen LogP contribution in [0.25, 0.3) is 10.6 Å². The van der Waals surface area contributed by atoms with E-state index in [9.17, 15) is 9.90 Å². The second-order valence-electron chi connectivity index (χ2n) is 7.48. The largest absolute Gasteiger partial charge is 0.493 e. The van der Waals surface area contributed by atoms with Gasteiger partial charge in [-0.1, -0.05) is 44.2 Å². The number of para-hydroxylation sites is 1. The van der Waals surface area contributed by atoms with Crippen LogP contribution in [-0.4, -0.2) is 49.5 Å². The van der Waals surface area contributed by atoms with Gasteiger partial charge in [-0.25, -0.2) is 4.98 Å². The van der Waals surface area contributed by atoms with E-state index in [1.165, 1.54) is 31.1 Å². The Bertz CT molecular complexity index is 1010. The Morgan fingerprint density at radius 2 is 1.75 bits per heavy atom. The van der Waals surface area contributed by atoms with Crippen molar-refractivity contribution in [3.63, 3.8) is 0 Å². The Balaban J connectivity index is 1.54. The van der Waals surface area contributed by atoms with Gasteiger partial charge in [0.1, 0.15) is 23.4 Å². The highest BCUT2D eigenvalue weighted by atomic mass is 32.1. The highest BCUT2D eigenvalue weighted by Gasteiger charge is 2.16. The van der Waals surface area contributed by atoms with E-state index in [1.807, 2.05) is 12.1 Å². The summed E-state index contributed by atoms with van der Waals surface area (Å²) in [6.07, 6.45) is -0.921. The van der Waals surface area contributed by atoms with Crippen molar-refractivity contribution >= 4 is 17.2 Å². The highest BCUT2D eigenvalue weighted by molar-refractivity contribution is 7.13. The molecule has 170 valence electrons. The maximum atomic E-state index is 12.5. The molecule has 1 unspecified atom stereocenters. The SMILES string of the molecule is COc1cccc(OC)c1OCC(O)CNC(=O)c1csc(-c2ccc(C(C)C)cc2)n1. The minimum atomic E-state index is -0.921. The number of ether oxygens (including phenoxy) is 3. The fourth-order valence-electron chi connectivity index (χ4n) is 3.02. The molecular formula is C24H28N2O5S. The van der Waals surface area contributed by atoms with E-state index in [0.29, 0.717) is 28.9 Å². The second-order valence-corrected chi connectivity index (χ2v) is 8.34. The number of aliphatic hydroxyl groups is 1. The van der Waals surface area contributed by atoms with Crippen molar-refractivity contribution < 1.29 is 24.1 Å². The van der Waals surface area contributed by atoms with Gasteiger partial charge < -0.3 is 24.6 Å². The van der Waals surface area contributed by atoms with Crippen LogP contribution in [0, 0.1) is 0 Å². The Morgan fingerprint density at radius 3 is 2.34 bits per heavy atom. The lowest BCUT2D eigenvalue weighted by atomic mass is 10.0. The van der Waals surface area contributed by atoms with Crippen LogP contribution in [0.1, 0.15) is 35.8 Å². The fourth-order valence-corrected chi connectivity index (χ4v) is 3.83. The number of thiazole rings is 1. The number of benzene rings is 2. The van der Waals surface area contributed by atoms with Gasteiger partial charge >= 0.3 is 0 Å². The molecule has 2 N–H and O–H groups in total. The molecule has 1 aromatic heterocycles. The number of nitrogens with one attached hydrogen (secondary N) is 1. The number of methoxy groups -OCH3 is 2. The van der Waals surface area contributed by atoms with Crippen molar-refractivity contribution in [2.45, 2.75) is 25.9 Å². The molecule has 7 nitrogen and oxygen atoms in total. The van der Waals surface area contributed by atoms with Crippen LogP contribution in [0.4, 0.5) is 0 Å². The van der Waals surface area contributed by atoms with E-state index in [1.54, 1.807) is 23.6 Å². The molecular weight excluding hydrogens is 428 g/mol. The molecule has 2 aromatic carbocycles. The van der Waals surface area contributed by atoms with Crippen molar-refractivity contribution in [1.29, 1.82) is 0 Å². The summed E-state index contributed by atoms with van der Waals surface area (Å²) in [7, 11) is 3.05. The smallest absolute Gasteiger partial charge is 0.270 e. The number of carbonyl (C=O) groups excluding carboxylic acids is 1. The molecule has 0 aliphatic heterocycles. The standard InChI is InChI=1S/C24H28N2O5S/c1-15(2)16-8-10-17(11-9-16)24-26-19(14-32-24)23(28)25-12-18(27)13-31-22-20(29-3)6-5-7-21(22)30-4/h5-11,14-15,18,27H,12-13H2,1-4H3,(H,25,28). The molecule has 0 aliphatic carbocycles. The zero-order chi connectivity index (χ0) is 23.1. The molecule has 0 saturated carbocycles. The van der Waals surface area contributed by atoms with Crippen LogP contribution in [0.3, 0.4) is 0 Å². The first kappa shape index (κ1) is 23.6. The molecule has 1 amide bonds. The number of carbonyl (C=O) groups is 1. The summed E-state index contributed by atoms with van der Waals surface area (Å²) in [5.74, 6) is 1.51. The molecule has 1 heterocycles. The molecule has 3 aromatic rings. The number of aliphatic hydroxyl groups excluding tert-OH is 1. The van der Waals surface area contributed by atoms with E-state index < -0.39 is 6.10 Å². The molecule has 8 heteroatoms. The lowest BCUT2D eigenvalue weighted by Crippen LogP contribution is -2.35. The van der Waals surface area contributed by atoms with Crippen molar-refractivity contribution in [3.05, 3.63) is 59.1 Å². The van der Waals surface area contributed by atoms with Gasteiger partial charge in [0.05, 0.1) is 14.2 Å². The third-order valence-corrected chi connectivity index (χ3v) is 5.75. The van der Waals surface area contributed by atoms with Crippen molar-refractivity contribution in [2.24, 2.45) is 0 Å². The summed E-state index contributed by atoms with van der Waals surface area (Å²) in [4.78, 5) is 16.9. The molecule has 32 heavy (non-hydrogen) atoms. The van der Waals surface area contributed by atoms with Crippen LogP contribution in [0.5, 0.6) is 17.2 Å². The second kappa shape index (κ2) is 11.0. The summed E-state index contributed by atoms with van der Waals surface area (Å²) < 4.78 is 16.2. The third kappa shape index (κ3) is 5.77. The Kier molecular flexibility index (Phi) is 8.08. The normalized spacial score (nSPS) is 11.8. The van der Waals surface area contributed by atoms with Crippen molar-refractivity contribution in [3.8, 4) is 27.8 Å². The molecule has 0 fully saturated rings. The first-order valence-electron chi connectivity index (χ1n) is 10.3. The van der Waals surface area contributed by atoms with Crippen LogP contribution < -0.4 is 19.5 Å². The average molecular weight is 457 g/mol. The number of hydrogen-bond acceptors (Lipinski definition) is 7. The van der Waals surface area contributed by atoms with E-state index in [-0.39, 0.29) is 19.1 Å². The van der Waals surface area contributed by atoms with Gasteiger partial charge in [-0.05, 0) is 23.6 Å². The van der Waals surface area contributed by atoms with Gasteiger partial charge in [-0.3, -0.25) is 4.79 Å². The van der Waals surface area contributed by atoms with Gasteiger partial charge in [0, 0.05) is 17.5 Å².